The number of nitrogens with zero attached hydrogens (tertiary/aromatic N) is 2. The SMILES string of the molecule is O=C(NCC1(CN2CCOCC2)CCCCC1)c1n[nH]c2c1CNCC2. The van der Waals surface area contributed by atoms with Crippen LogP contribution in [-0.2, 0) is 17.7 Å². The first-order valence-corrected chi connectivity index (χ1v) is 10.1. The number of amides is 1. The van der Waals surface area contributed by atoms with Crippen molar-refractivity contribution >= 4 is 5.91 Å². The fourth-order valence-corrected chi connectivity index (χ4v) is 4.69. The molecule has 144 valence electrons. The summed E-state index contributed by atoms with van der Waals surface area (Å²) >= 11 is 0. The van der Waals surface area contributed by atoms with Crippen molar-refractivity contribution in [3.63, 3.8) is 0 Å². The van der Waals surface area contributed by atoms with Gasteiger partial charge in [0.2, 0.25) is 0 Å². The van der Waals surface area contributed by atoms with E-state index in [1.165, 1.54) is 32.1 Å². The molecule has 1 aromatic heterocycles. The molecule has 1 saturated carbocycles. The number of carbonyl (C=O) groups excluding carboxylic acids is 1. The van der Waals surface area contributed by atoms with Crippen LogP contribution in [0.2, 0.25) is 0 Å². The Kier molecular flexibility index (Phi) is 5.57. The molecule has 0 spiro atoms. The monoisotopic (exact) mass is 361 g/mol. The van der Waals surface area contributed by atoms with Gasteiger partial charge >= 0.3 is 0 Å². The lowest BCUT2D eigenvalue weighted by Gasteiger charge is -2.42. The van der Waals surface area contributed by atoms with Gasteiger partial charge in [-0.25, -0.2) is 0 Å². The van der Waals surface area contributed by atoms with E-state index in [-0.39, 0.29) is 11.3 Å². The van der Waals surface area contributed by atoms with E-state index in [2.05, 4.69) is 25.7 Å². The van der Waals surface area contributed by atoms with Crippen molar-refractivity contribution in [2.24, 2.45) is 5.41 Å². The second-order valence-electron chi connectivity index (χ2n) is 8.09. The van der Waals surface area contributed by atoms with Gasteiger partial charge in [-0.05, 0) is 12.8 Å². The Morgan fingerprint density at radius 1 is 1.23 bits per heavy atom. The van der Waals surface area contributed by atoms with Crippen LogP contribution in [0, 0.1) is 5.41 Å². The molecule has 7 nitrogen and oxygen atoms in total. The fraction of sp³-hybridized carbons (Fsp3) is 0.789. The Balaban J connectivity index is 1.41. The van der Waals surface area contributed by atoms with E-state index in [4.69, 9.17) is 4.74 Å². The van der Waals surface area contributed by atoms with Gasteiger partial charge in [0, 0.05) is 62.4 Å². The van der Waals surface area contributed by atoms with Crippen LogP contribution in [-0.4, -0.2) is 66.9 Å². The summed E-state index contributed by atoms with van der Waals surface area (Å²) in [5, 5.41) is 13.9. The van der Waals surface area contributed by atoms with Gasteiger partial charge in [-0.2, -0.15) is 5.10 Å². The van der Waals surface area contributed by atoms with Crippen LogP contribution in [0.1, 0.15) is 53.8 Å². The summed E-state index contributed by atoms with van der Waals surface area (Å²) in [6.07, 6.45) is 7.16. The van der Waals surface area contributed by atoms with Crippen molar-refractivity contribution in [3.05, 3.63) is 17.0 Å². The molecular weight excluding hydrogens is 330 g/mol. The third-order valence-corrected chi connectivity index (χ3v) is 6.22. The van der Waals surface area contributed by atoms with E-state index < -0.39 is 0 Å². The van der Waals surface area contributed by atoms with Gasteiger partial charge in [0.25, 0.3) is 5.91 Å². The van der Waals surface area contributed by atoms with Crippen molar-refractivity contribution in [1.82, 2.24) is 25.7 Å². The van der Waals surface area contributed by atoms with Crippen LogP contribution >= 0.6 is 0 Å². The standard InChI is InChI=1S/C19H31N5O2/c25-18(17-15-12-20-7-4-16(15)22-23-17)21-13-19(5-2-1-3-6-19)14-24-8-10-26-11-9-24/h20H,1-14H2,(H,21,25)(H,22,23). The Morgan fingerprint density at radius 3 is 2.85 bits per heavy atom. The van der Waals surface area contributed by atoms with Gasteiger partial charge in [-0.1, -0.05) is 19.3 Å². The molecule has 0 atom stereocenters. The predicted octanol–water partition coefficient (Wildman–Crippen LogP) is 1.07. The van der Waals surface area contributed by atoms with Crippen molar-refractivity contribution in [2.75, 3.05) is 45.9 Å². The third-order valence-electron chi connectivity index (χ3n) is 6.22. The first kappa shape index (κ1) is 17.9. The maximum absolute atomic E-state index is 12.8. The number of hydrogen-bond acceptors (Lipinski definition) is 5. The van der Waals surface area contributed by atoms with Crippen molar-refractivity contribution in [1.29, 1.82) is 0 Å². The summed E-state index contributed by atoms with van der Waals surface area (Å²) in [6.45, 7) is 7.16. The number of aromatic amines is 1. The summed E-state index contributed by atoms with van der Waals surface area (Å²) in [4.78, 5) is 15.3. The zero-order valence-electron chi connectivity index (χ0n) is 15.6. The van der Waals surface area contributed by atoms with E-state index in [1.54, 1.807) is 0 Å². The van der Waals surface area contributed by atoms with Gasteiger partial charge in [0.1, 0.15) is 0 Å². The Labute approximate surface area is 155 Å². The van der Waals surface area contributed by atoms with Crippen LogP contribution in [0.3, 0.4) is 0 Å². The smallest absolute Gasteiger partial charge is 0.272 e. The minimum atomic E-state index is -0.0295. The average Bonchev–Trinajstić information content (AvgIpc) is 3.12. The highest BCUT2D eigenvalue weighted by atomic mass is 16.5. The summed E-state index contributed by atoms with van der Waals surface area (Å²) in [5.41, 5.74) is 2.92. The molecule has 2 fully saturated rings. The quantitative estimate of drug-likeness (QED) is 0.731. The first-order valence-electron chi connectivity index (χ1n) is 10.1. The number of nitrogens with one attached hydrogen (secondary N) is 3. The van der Waals surface area contributed by atoms with Gasteiger partial charge in [0.15, 0.2) is 5.69 Å². The molecule has 0 radical (unpaired) electrons. The van der Waals surface area contributed by atoms with Crippen LogP contribution in [0.4, 0.5) is 0 Å². The zero-order valence-corrected chi connectivity index (χ0v) is 15.6. The number of aromatic nitrogens is 2. The third kappa shape index (κ3) is 3.94. The van der Waals surface area contributed by atoms with E-state index in [9.17, 15) is 4.79 Å². The minimum absolute atomic E-state index is 0.0295. The van der Waals surface area contributed by atoms with Crippen LogP contribution in [0.5, 0.6) is 0 Å². The number of fused-ring (bicyclic) bond motifs is 1. The summed E-state index contributed by atoms with van der Waals surface area (Å²) in [7, 11) is 0. The van der Waals surface area contributed by atoms with E-state index in [0.29, 0.717) is 5.69 Å². The molecule has 1 amide bonds. The second-order valence-corrected chi connectivity index (χ2v) is 8.09. The number of carbonyl (C=O) groups is 1. The zero-order chi connectivity index (χ0) is 17.8. The molecule has 26 heavy (non-hydrogen) atoms. The molecule has 3 heterocycles. The maximum Gasteiger partial charge on any atom is 0.272 e. The highest BCUT2D eigenvalue weighted by Gasteiger charge is 2.35. The molecule has 3 N–H and O–H groups in total. The molecule has 3 aliphatic rings. The largest absolute Gasteiger partial charge is 0.379 e. The number of rotatable bonds is 5. The van der Waals surface area contributed by atoms with Gasteiger partial charge in [-0.15, -0.1) is 0 Å². The molecule has 1 aromatic rings. The van der Waals surface area contributed by atoms with Crippen molar-refractivity contribution < 1.29 is 9.53 Å². The molecule has 1 aliphatic carbocycles. The molecular formula is C19H31N5O2. The Bertz CT molecular complexity index is 617. The average molecular weight is 361 g/mol. The van der Waals surface area contributed by atoms with Crippen molar-refractivity contribution in [2.45, 2.75) is 45.1 Å². The van der Waals surface area contributed by atoms with Crippen LogP contribution < -0.4 is 10.6 Å². The normalized spacial score (nSPS) is 23.4. The van der Waals surface area contributed by atoms with E-state index >= 15 is 0 Å². The predicted molar refractivity (Wildman–Crippen MR) is 99.1 cm³/mol. The molecule has 1 saturated heterocycles. The van der Waals surface area contributed by atoms with Gasteiger partial charge in [-0.3, -0.25) is 14.8 Å². The number of morpholine rings is 1. The van der Waals surface area contributed by atoms with E-state index in [0.717, 1.165) is 70.2 Å². The van der Waals surface area contributed by atoms with Gasteiger partial charge < -0.3 is 15.4 Å². The van der Waals surface area contributed by atoms with Crippen molar-refractivity contribution in [3.8, 4) is 0 Å². The number of H-pyrrole nitrogens is 1. The highest BCUT2D eigenvalue weighted by molar-refractivity contribution is 5.94. The Hall–Kier alpha value is -1.44. The lowest BCUT2D eigenvalue weighted by Crippen LogP contribution is -2.49. The Morgan fingerprint density at radius 2 is 2.04 bits per heavy atom. The lowest BCUT2D eigenvalue weighted by molar-refractivity contribution is 0.00726. The number of hydrogen-bond donors (Lipinski definition) is 3. The molecule has 4 rings (SSSR count). The van der Waals surface area contributed by atoms with Crippen LogP contribution in [0.25, 0.3) is 0 Å². The fourth-order valence-electron chi connectivity index (χ4n) is 4.69. The summed E-state index contributed by atoms with van der Waals surface area (Å²) < 4.78 is 5.49. The number of ether oxygens (including phenoxy) is 1. The molecule has 2 aliphatic heterocycles. The first-order chi connectivity index (χ1) is 12.8. The maximum atomic E-state index is 12.8. The molecule has 0 aromatic carbocycles. The minimum Gasteiger partial charge on any atom is -0.379 e. The van der Waals surface area contributed by atoms with E-state index in [1.807, 2.05) is 0 Å². The highest BCUT2D eigenvalue weighted by Crippen LogP contribution is 2.37. The lowest BCUT2D eigenvalue weighted by atomic mass is 9.73. The van der Waals surface area contributed by atoms with Gasteiger partial charge in [0.05, 0.1) is 13.2 Å². The second kappa shape index (κ2) is 8.06. The van der Waals surface area contributed by atoms with Crippen LogP contribution in [0.15, 0.2) is 0 Å². The molecule has 0 bridgehead atoms. The summed E-state index contributed by atoms with van der Waals surface area (Å²) in [5.74, 6) is -0.0295. The molecule has 7 heteroatoms. The molecule has 0 unspecified atom stereocenters. The topological polar surface area (TPSA) is 82.3 Å². The summed E-state index contributed by atoms with van der Waals surface area (Å²) in [6, 6.07) is 0.